The Balaban J connectivity index is 2.02. The van der Waals surface area contributed by atoms with E-state index in [0.29, 0.717) is 12.0 Å². The van der Waals surface area contributed by atoms with Gasteiger partial charge in [-0.3, -0.25) is 9.59 Å². The SMILES string of the molecule is CCCCc1ccc(NC(=O)C(CCSC)NC(=O)c2cccc(C)c2)cc1. The van der Waals surface area contributed by atoms with Gasteiger partial charge in [-0.25, -0.2) is 0 Å². The van der Waals surface area contributed by atoms with Crippen LogP contribution in [0.2, 0.25) is 0 Å². The molecule has 0 heterocycles. The zero-order chi connectivity index (χ0) is 20.4. The van der Waals surface area contributed by atoms with E-state index in [1.807, 2.05) is 55.6 Å². The largest absolute Gasteiger partial charge is 0.340 e. The first-order valence-corrected chi connectivity index (χ1v) is 11.2. The summed E-state index contributed by atoms with van der Waals surface area (Å²) in [5.74, 6) is 0.388. The van der Waals surface area contributed by atoms with Crippen LogP contribution in [-0.4, -0.2) is 29.9 Å². The van der Waals surface area contributed by atoms with Gasteiger partial charge < -0.3 is 10.6 Å². The van der Waals surface area contributed by atoms with Gasteiger partial charge in [0.2, 0.25) is 5.91 Å². The molecule has 0 aromatic heterocycles. The highest BCUT2D eigenvalue weighted by Crippen LogP contribution is 2.13. The molecule has 1 unspecified atom stereocenters. The summed E-state index contributed by atoms with van der Waals surface area (Å²) in [6, 6.07) is 14.8. The van der Waals surface area contributed by atoms with Gasteiger partial charge in [0.25, 0.3) is 5.91 Å². The van der Waals surface area contributed by atoms with Gasteiger partial charge in [-0.2, -0.15) is 11.8 Å². The van der Waals surface area contributed by atoms with E-state index >= 15 is 0 Å². The number of nitrogens with one attached hydrogen (secondary N) is 2. The van der Waals surface area contributed by atoms with Crippen LogP contribution in [0.4, 0.5) is 5.69 Å². The highest BCUT2D eigenvalue weighted by molar-refractivity contribution is 7.98. The molecule has 4 nitrogen and oxygen atoms in total. The molecule has 0 spiro atoms. The van der Waals surface area contributed by atoms with Gasteiger partial charge in [-0.1, -0.05) is 43.2 Å². The van der Waals surface area contributed by atoms with Crippen LogP contribution in [-0.2, 0) is 11.2 Å². The first-order chi connectivity index (χ1) is 13.5. The van der Waals surface area contributed by atoms with Gasteiger partial charge in [0.1, 0.15) is 6.04 Å². The number of thioether (sulfide) groups is 1. The fourth-order valence-corrected chi connectivity index (χ4v) is 3.37. The average Bonchev–Trinajstić information content (AvgIpc) is 2.70. The Kier molecular flexibility index (Phi) is 9.08. The lowest BCUT2D eigenvalue weighted by atomic mass is 10.1. The Hall–Kier alpha value is -2.27. The molecule has 2 aromatic rings. The Morgan fingerprint density at radius 3 is 2.50 bits per heavy atom. The molecule has 0 radical (unpaired) electrons. The summed E-state index contributed by atoms with van der Waals surface area (Å²) in [6.07, 6.45) is 5.95. The van der Waals surface area contributed by atoms with E-state index in [9.17, 15) is 9.59 Å². The van der Waals surface area contributed by atoms with Crippen molar-refractivity contribution in [3.8, 4) is 0 Å². The molecule has 0 fully saturated rings. The molecule has 5 heteroatoms. The smallest absolute Gasteiger partial charge is 0.251 e. The molecule has 0 bridgehead atoms. The number of hydrogen-bond acceptors (Lipinski definition) is 3. The number of hydrogen-bond donors (Lipinski definition) is 2. The molecule has 2 rings (SSSR count). The summed E-state index contributed by atoms with van der Waals surface area (Å²) in [7, 11) is 0. The number of carbonyl (C=O) groups is 2. The third-order valence-electron chi connectivity index (χ3n) is 4.55. The van der Waals surface area contributed by atoms with Crippen molar-refractivity contribution in [2.75, 3.05) is 17.3 Å². The summed E-state index contributed by atoms with van der Waals surface area (Å²) in [4.78, 5) is 25.3. The molecule has 0 saturated carbocycles. The van der Waals surface area contributed by atoms with Crippen molar-refractivity contribution in [2.45, 2.75) is 45.6 Å². The van der Waals surface area contributed by atoms with E-state index < -0.39 is 6.04 Å². The summed E-state index contributed by atoms with van der Waals surface area (Å²) in [5, 5.41) is 5.83. The van der Waals surface area contributed by atoms with Gasteiger partial charge in [0.05, 0.1) is 0 Å². The van der Waals surface area contributed by atoms with Crippen molar-refractivity contribution in [1.82, 2.24) is 5.32 Å². The fourth-order valence-electron chi connectivity index (χ4n) is 2.90. The average molecular weight is 399 g/mol. The molecule has 1 atom stereocenters. The Morgan fingerprint density at radius 1 is 1.11 bits per heavy atom. The number of rotatable bonds is 10. The number of carbonyl (C=O) groups excluding carboxylic acids is 2. The molecule has 2 N–H and O–H groups in total. The second-order valence-corrected chi connectivity index (χ2v) is 7.95. The maximum atomic E-state index is 12.8. The Labute approximate surface area is 172 Å². The van der Waals surface area contributed by atoms with Crippen molar-refractivity contribution in [3.05, 3.63) is 65.2 Å². The van der Waals surface area contributed by atoms with Crippen LogP contribution in [0.5, 0.6) is 0 Å². The summed E-state index contributed by atoms with van der Waals surface area (Å²) in [5.41, 5.74) is 3.61. The van der Waals surface area contributed by atoms with Gasteiger partial charge >= 0.3 is 0 Å². The van der Waals surface area contributed by atoms with E-state index in [2.05, 4.69) is 17.6 Å². The van der Waals surface area contributed by atoms with Crippen molar-refractivity contribution >= 4 is 29.3 Å². The zero-order valence-corrected chi connectivity index (χ0v) is 17.8. The first kappa shape index (κ1) is 22.0. The van der Waals surface area contributed by atoms with E-state index in [-0.39, 0.29) is 11.8 Å². The molecule has 28 heavy (non-hydrogen) atoms. The van der Waals surface area contributed by atoms with Crippen LogP contribution >= 0.6 is 11.8 Å². The minimum atomic E-state index is -0.569. The zero-order valence-electron chi connectivity index (χ0n) is 17.0. The van der Waals surface area contributed by atoms with Crippen LogP contribution in [0, 0.1) is 6.92 Å². The number of amides is 2. The molecule has 0 aliphatic heterocycles. The van der Waals surface area contributed by atoms with E-state index in [1.165, 1.54) is 5.56 Å². The van der Waals surface area contributed by atoms with E-state index in [4.69, 9.17) is 0 Å². The van der Waals surface area contributed by atoms with Gasteiger partial charge in [-0.05, 0) is 68.0 Å². The van der Waals surface area contributed by atoms with Crippen LogP contribution in [0.15, 0.2) is 48.5 Å². The lowest BCUT2D eigenvalue weighted by molar-refractivity contribution is -0.118. The van der Waals surface area contributed by atoms with Gasteiger partial charge in [0.15, 0.2) is 0 Å². The Bertz CT molecular complexity index is 774. The minimum Gasteiger partial charge on any atom is -0.340 e. The predicted molar refractivity (Wildman–Crippen MR) is 119 cm³/mol. The Morgan fingerprint density at radius 2 is 1.86 bits per heavy atom. The molecule has 150 valence electrons. The molecule has 2 aromatic carbocycles. The van der Waals surface area contributed by atoms with Crippen LogP contribution in [0.3, 0.4) is 0 Å². The van der Waals surface area contributed by atoms with Crippen LogP contribution in [0.25, 0.3) is 0 Å². The lowest BCUT2D eigenvalue weighted by Crippen LogP contribution is -2.44. The molecule has 2 amide bonds. The summed E-state index contributed by atoms with van der Waals surface area (Å²) in [6.45, 7) is 4.12. The molecule has 0 aliphatic carbocycles. The van der Waals surface area contributed by atoms with Crippen molar-refractivity contribution in [1.29, 1.82) is 0 Å². The molecular formula is C23H30N2O2S. The van der Waals surface area contributed by atoms with Gasteiger partial charge in [0, 0.05) is 11.3 Å². The van der Waals surface area contributed by atoms with E-state index in [0.717, 1.165) is 36.3 Å². The second-order valence-electron chi connectivity index (χ2n) is 6.97. The van der Waals surface area contributed by atoms with Gasteiger partial charge in [-0.15, -0.1) is 0 Å². The molecule has 0 aliphatic rings. The third-order valence-corrected chi connectivity index (χ3v) is 5.20. The number of aryl methyl sites for hydroxylation is 2. The van der Waals surface area contributed by atoms with Crippen molar-refractivity contribution < 1.29 is 9.59 Å². The summed E-state index contributed by atoms with van der Waals surface area (Å²) >= 11 is 1.66. The quantitative estimate of drug-likeness (QED) is 0.603. The normalized spacial score (nSPS) is 11.7. The fraction of sp³-hybridized carbons (Fsp3) is 0.391. The monoisotopic (exact) mass is 398 g/mol. The standard InChI is InChI=1S/C23H30N2O2S/c1-4-5-8-18-10-12-20(13-11-18)24-23(27)21(14-15-28-3)25-22(26)19-9-6-7-17(2)16-19/h6-7,9-13,16,21H,4-5,8,14-15H2,1-3H3,(H,24,27)(H,25,26). The summed E-state index contributed by atoms with van der Waals surface area (Å²) < 4.78 is 0. The first-order valence-electron chi connectivity index (χ1n) is 9.79. The number of unbranched alkanes of at least 4 members (excludes halogenated alkanes) is 1. The van der Waals surface area contributed by atoms with E-state index in [1.54, 1.807) is 17.8 Å². The lowest BCUT2D eigenvalue weighted by Gasteiger charge is -2.18. The number of benzene rings is 2. The highest BCUT2D eigenvalue weighted by Gasteiger charge is 2.21. The second kappa shape index (κ2) is 11.5. The maximum absolute atomic E-state index is 12.8. The molecule has 0 saturated heterocycles. The topological polar surface area (TPSA) is 58.2 Å². The third kappa shape index (κ3) is 7.04. The van der Waals surface area contributed by atoms with Crippen LogP contribution < -0.4 is 10.6 Å². The van der Waals surface area contributed by atoms with Crippen molar-refractivity contribution in [2.24, 2.45) is 0 Å². The predicted octanol–water partition coefficient (Wildman–Crippen LogP) is 4.83. The number of anilines is 1. The molecular weight excluding hydrogens is 368 g/mol. The van der Waals surface area contributed by atoms with Crippen molar-refractivity contribution in [3.63, 3.8) is 0 Å². The minimum absolute atomic E-state index is 0.184. The highest BCUT2D eigenvalue weighted by atomic mass is 32.2. The van der Waals surface area contributed by atoms with Crippen LogP contribution in [0.1, 0.15) is 47.7 Å². The maximum Gasteiger partial charge on any atom is 0.251 e.